The highest BCUT2D eigenvalue weighted by Crippen LogP contribution is 2.37. The molecule has 0 bridgehead atoms. The van der Waals surface area contributed by atoms with Gasteiger partial charge in [-0.15, -0.1) is 0 Å². The summed E-state index contributed by atoms with van der Waals surface area (Å²) in [6, 6.07) is 18.1. The second kappa shape index (κ2) is 12.3. The molecule has 0 atom stereocenters. The molecule has 1 aromatic heterocycles. The molecule has 2 aliphatic heterocycles. The van der Waals surface area contributed by atoms with E-state index in [2.05, 4.69) is 15.2 Å². The van der Waals surface area contributed by atoms with Crippen molar-refractivity contribution in [3.05, 3.63) is 84.2 Å². The lowest BCUT2D eigenvalue weighted by atomic mass is 9.78. The highest BCUT2D eigenvalue weighted by molar-refractivity contribution is 6.52. The van der Waals surface area contributed by atoms with Crippen molar-refractivity contribution >= 4 is 40.6 Å². The molecule has 43 heavy (non-hydrogen) atoms. The number of hydrogen-bond acceptors (Lipinski definition) is 7. The number of anilines is 3. The SMILES string of the molecule is O=C1C(=O)N(CC(=O)N(Cc2cccnc2)C2(C(=O)Nc3ccc(N4CCOCC4)cc3)CCCCC2)c2ccccc21. The second-order valence-corrected chi connectivity index (χ2v) is 11.3. The smallest absolute Gasteiger partial charge is 0.299 e. The van der Waals surface area contributed by atoms with Crippen LogP contribution in [-0.4, -0.2) is 71.8 Å². The second-order valence-electron chi connectivity index (χ2n) is 11.3. The summed E-state index contributed by atoms with van der Waals surface area (Å²) in [6.45, 7) is 2.81. The molecular weight excluding hydrogens is 546 g/mol. The van der Waals surface area contributed by atoms with Gasteiger partial charge in [0, 0.05) is 43.4 Å². The van der Waals surface area contributed by atoms with Gasteiger partial charge in [0.2, 0.25) is 11.8 Å². The minimum Gasteiger partial charge on any atom is -0.378 e. The van der Waals surface area contributed by atoms with Crippen LogP contribution < -0.4 is 15.1 Å². The average Bonchev–Trinajstić information content (AvgIpc) is 3.30. The number of nitrogens with one attached hydrogen (secondary N) is 1. The number of hydrogen-bond donors (Lipinski definition) is 1. The van der Waals surface area contributed by atoms with Gasteiger partial charge in [-0.25, -0.2) is 0 Å². The van der Waals surface area contributed by atoms with Crippen LogP contribution in [0, 0.1) is 0 Å². The molecule has 6 rings (SSSR count). The predicted molar refractivity (Wildman–Crippen MR) is 162 cm³/mol. The standard InChI is InChI=1S/C33H35N5O5/c39-29(23-37-28-9-3-2-8-27(28)30(40)31(37)41)38(22-24-7-6-16-34-21-24)33(14-4-1-5-15-33)32(42)35-25-10-12-26(13-11-25)36-17-19-43-20-18-36/h2-3,6-13,16,21H,1,4-5,14-15,17-20,22-23H2,(H,35,42). The number of nitrogens with zero attached hydrogens (tertiary/aromatic N) is 4. The van der Waals surface area contributed by atoms with Crippen molar-refractivity contribution in [1.82, 2.24) is 9.88 Å². The van der Waals surface area contributed by atoms with Crippen molar-refractivity contribution in [2.45, 2.75) is 44.2 Å². The number of benzene rings is 2. The number of carbonyl (C=O) groups is 4. The molecule has 1 aliphatic carbocycles. The molecule has 0 radical (unpaired) electrons. The van der Waals surface area contributed by atoms with Gasteiger partial charge in [0.25, 0.3) is 11.7 Å². The lowest BCUT2D eigenvalue weighted by Gasteiger charge is -2.45. The van der Waals surface area contributed by atoms with Crippen LogP contribution >= 0.6 is 0 Å². The van der Waals surface area contributed by atoms with Gasteiger partial charge in [0.15, 0.2) is 0 Å². The molecule has 222 valence electrons. The third kappa shape index (κ3) is 5.75. The number of Topliss-reactive ketones (excluding diaryl/α,β-unsaturated/α-hetero) is 1. The van der Waals surface area contributed by atoms with Gasteiger partial charge in [-0.2, -0.15) is 0 Å². The maximum atomic E-state index is 14.3. The van der Waals surface area contributed by atoms with Crippen molar-refractivity contribution in [2.75, 3.05) is 48.0 Å². The van der Waals surface area contributed by atoms with Crippen molar-refractivity contribution in [1.29, 1.82) is 0 Å². The van der Waals surface area contributed by atoms with Crippen LogP contribution in [0.5, 0.6) is 0 Å². The summed E-state index contributed by atoms with van der Waals surface area (Å²) < 4.78 is 5.46. The molecule has 3 aliphatic rings. The van der Waals surface area contributed by atoms with Crippen LogP contribution in [0.2, 0.25) is 0 Å². The molecule has 1 saturated carbocycles. The number of carbonyl (C=O) groups excluding carboxylic acids is 4. The molecule has 3 heterocycles. The maximum Gasteiger partial charge on any atom is 0.299 e. The normalized spacial score (nSPS) is 17.9. The number of ether oxygens (including phenoxy) is 1. The Labute approximate surface area is 250 Å². The molecule has 0 unspecified atom stereocenters. The Bertz CT molecular complexity index is 1500. The van der Waals surface area contributed by atoms with E-state index in [0.717, 1.165) is 43.6 Å². The van der Waals surface area contributed by atoms with Crippen LogP contribution in [0.25, 0.3) is 0 Å². The van der Waals surface area contributed by atoms with Gasteiger partial charge in [0.1, 0.15) is 12.1 Å². The number of amides is 3. The molecule has 10 heteroatoms. The van der Waals surface area contributed by atoms with Gasteiger partial charge in [-0.3, -0.25) is 29.1 Å². The van der Waals surface area contributed by atoms with Crippen LogP contribution in [0.1, 0.15) is 48.0 Å². The highest BCUT2D eigenvalue weighted by Gasteiger charge is 2.48. The van der Waals surface area contributed by atoms with E-state index in [1.807, 2.05) is 30.3 Å². The Morgan fingerprint density at radius 3 is 2.40 bits per heavy atom. The van der Waals surface area contributed by atoms with Crippen molar-refractivity contribution in [2.24, 2.45) is 0 Å². The Morgan fingerprint density at radius 1 is 0.930 bits per heavy atom. The first-order chi connectivity index (χ1) is 21.0. The fourth-order valence-corrected chi connectivity index (χ4v) is 6.36. The molecule has 1 N–H and O–H groups in total. The topological polar surface area (TPSA) is 112 Å². The summed E-state index contributed by atoms with van der Waals surface area (Å²) in [7, 11) is 0. The fourth-order valence-electron chi connectivity index (χ4n) is 6.36. The van der Waals surface area contributed by atoms with Crippen molar-refractivity contribution < 1.29 is 23.9 Å². The van der Waals surface area contributed by atoms with E-state index in [-0.39, 0.29) is 24.6 Å². The molecular formula is C33H35N5O5. The maximum absolute atomic E-state index is 14.3. The first-order valence-electron chi connectivity index (χ1n) is 14.9. The third-order valence-corrected chi connectivity index (χ3v) is 8.66. The number of pyridine rings is 1. The molecule has 2 fully saturated rings. The largest absolute Gasteiger partial charge is 0.378 e. The van der Waals surface area contributed by atoms with Crippen LogP contribution in [0.4, 0.5) is 17.1 Å². The first-order valence-corrected chi connectivity index (χ1v) is 14.9. The summed E-state index contributed by atoms with van der Waals surface area (Å²) in [5.41, 5.74) is 2.04. The summed E-state index contributed by atoms with van der Waals surface area (Å²) in [4.78, 5) is 63.4. The number of fused-ring (bicyclic) bond motifs is 1. The van der Waals surface area contributed by atoms with E-state index in [9.17, 15) is 19.2 Å². The summed E-state index contributed by atoms with van der Waals surface area (Å²) in [6.07, 6.45) is 6.84. The van der Waals surface area contributed by atoms with E-state index in [4.69, 9.17) is 4.74 Å². The number of para-hydroxylation sites is 1. The molecule has 1 saturated heterocycles. The van der Waals surface area contributed by atoms with E-state index >= 15 is 0 Å². The lowest BCUT2D eigenvalue weighted by Crippen LogP contribution is -2.61. The van der Waals surface area contributed by atoms with E-state index < -0.39 is 23.1 Å². The molecule has 3 aromatic rings. The summed E-state index contributed by atoms with van der Waals surface area (Å²) in [5, 5.41) is 3.10. The zero-order chi connectivity index (χ0) is 29.8. The van der Waals surface area contributed by atoms with Gasteiger partial charge in [-0.05, 0) is 60.9 Å². The molecule has 10 nitrogen and oxygen atoms in total. The van der Waals surface area contributed by atoms with Crippen LogP contribution in [0.15, 0.2) is 73.1 Å². The number of rotatable bonds is 8. The minimum absolute atomic E-state index is 0.147. The summed E-state index contributed by atoms with van der Waals surface area (Å²) >= 11 is 0. The summed E-state index contributed by atoms with van der Waals surface area (Å²) in [5.74, 6) is -2.03. The zero-order valence-electron chi connectivity index (χ0n) is 24.0. The number of morpholine rings is 1. The fraction of sp³-hybridized carbons (Fsp3) is 0.364. The number of aromatic nitrogens is 1. The Balaban J connectivity index is 1.29. The van der Waals surface area contributed by atoms with Crippen LogP contribution in [-0.2, 0) is 25.7 Å². The molecule has 3 amide bonds. The van der Waals surface area contributed by atoms with E-state index in [0.29, 0.717) is 37.4 Å². The van der Waals surface area contributed by atoms with Gasteiger partial charge < -0.3 is 19.9 Å². The van der Waals surface area contributed by atoms with Crippen molar-refractivity contribution in [3.63, 3.8) is 0 Å². The predicted octanol–water partition coefficient (Wildman–Crippen LogP) is 3.82. The van der Waals surface area contributed by atoms with Crippen molar-refractivity contribution in [3.8, 4) is 0 Å². The third-order valence-electron chi connectivity index (χ3n) is 8.66. The minimum atomic E-state index is -1.14. The monoisotopic (exact) mass is 581 g/mol. The molecule has 0 spiro atoms. The van der Waals surface area contributed by atoms with Gasteiger partial charge in [-0.1, -0.05) is 37.5 Å². The Kier molecular flexibility index (Phi) is 8.20. The number of ketones is 1. The van der Waals surface area contributed by atoms with E-state index in [1.54, 1.807) is 47.6 Å². The van der Waals surface area contributed by atoms with Gasteiger partial charge >= 0.3 is 0 Å². The Morgan fingerprint density at radius 2 is 1.67 bits per heavy atom. The molecule has 2 aromatic carbocycles. The van der Waals surface area contributed by atoms with Gasteiger partial charge in [0.05, 0.1) is 24.5 Å². The Hall–Kier alpha value is -4.57. The zero-order valence-corrected chi connectivity index (χ0v) is 24.0. The highest BCUT2D eigenvalue weighted by atomic mass is 16.5. The first kappa shape index (κ1) is 28.5. The average molecular weight is 582 g/mol. The quantitative estimate of drug-likeness (QED) is 0.403. The van der Waals surface area contributed by atoms with Crippen LogP contribution in [0.3, 0.4) is 0 Å². The van der Waals surface area contributed by atoms with E-state index in [1.165, 1.54) is 4.90 Å². The lowest BCUT2D eigenvalue weighted by molar-refractivity contribution is -0.148.